The molecule has 3 aromatic carbocycles. The van der Waals surface area contributed by atoms with E-state index in [2.05, 4.69) is 10.3 Å². The molecule has 4 aromatic rings. The molecule has 9 nitrogen and oxygen atoms in total. The summed E-state index contributed by atoms with van der Waals surface area (Å²) in [5.74, 6) is -0.261. The molecule has 0 spiro atoms. The third kappa shape index (κ3) is 6.54. The third-order valence-electron chi connectivity index (χ3n) is 7.88. The molecule has 0 fully saturated rings. The highest BCUT2D eigenvalue weighted by molar-refractivity contribution is 6.32. The van der Waals surface area contributed by atoms with Gasteiger partial charge in [0.05, 0.1) is 11.6 Å². The first-order valence-electron chi connectivity index (χ1n) is 14.6. The molecule has 1 aliphatic heterocycles. The minimum atomic E-state index is -1.17. The molecular weight excluding hydrogens is 603 g/mol. The van der Waals surface area contributed by atoms with E-state index in [1.807, 2.05) is 31.2 Å². The lowest BCUT2D eigenvalue weighted by atomic mass is 9.96. The van der Waals surface area contributed by atoms with Crippen molar-refractivity contribution in [2.45, 2.75) is 45.1 Å². The fraction of sp³-hybridized carbons (Fsp3) is 0.294. The molecule has 0 saturated heterocycles. The first-order valence-corrected chi connectivity index (χ1v) is 15.0. The normalized spacial score (nSPS) is 15.8. The Bertz CT molecular complexity index is 1730. The van der Waals surface area contributed by atoms with Crippen LogP contribution in [0.25, 0.3) is 11.1 Å². The van der Waals surface area contributed by atoms with Crippen molar-refractivity contribution >= 4 is 17.6 Å². The summed E-state index contributed by atoms with van der Waals surface area (Å²) in [7, 11) is 0. The van der Waals surface area contributed by atoms with Gasteiger partial charge in [-0.15, -0.1) is 0 Å². The van der Waals surface area contributed by atoms with Gasteiger partial charge in [0, 0.05) is 41.7 Å². The Morgan fingerprint density at radius 1 is 1.13 bits per heavy atom. The molecule has 0 bridgehead atoms. The summed E-state index contributed by atoms with van der Waals surface area (Å²) in [5, 5.41) is 22.0. The van der Waals surface area contributed by atoms with Gasteiger partial charge in [0.1, 0.15) is 43.5 Å². The number of benzene rings is 3. The maximum atomic E-state index is 15.6. The smallest absolute Gasteiger partial charge is 0.323 e. The number of carbonyl (C=O) groups is 1. The van der Waals surface area contributed by atoms with Crippen LogP contribution in [0, 0.1) is 12.7 Å². The zero-order valence-electron chi connectivity index (χ0n) is 24.5. The summed E-state index contributed by atoms with van der Waals surface area (Å²) in [6, 6.07) is 13.4. The number of aromatic nitrogens is 1. The number of ether oxygens (including phenoxy) is 4. The topological polar surface area (TPSA) is 119 Å². The predicted molar refractivity (Wildman–Crippen MR) is 165 cm³/mol. The first-order chi connectivity index (χ1) is 21.8. The number of aliphatic hydroxyl groups excluding tert-OH is 1. The molecule has 0 radical (unpaired) electrons. The van der Waals surface area contributed by atoms with E-state index >= 15 is 4.39 Å². The fourth-order valence-corrected chi connectivity index (χ4v) is 5.92. The molecule has 0 unspecified atom stereocenters. The van der Waals surface area contributed by atoms with Gasteiger partial charge in [0.15, 0.2) is 17.3 Å². The van der Waals surface area contributed by atoms with E-state index in [1.165, 1.54) is 0 Å². The van der Waals surface area contributed by atoms with Crippen LogP contribution in [0.1, 0.15) is 40.3 Å². The zero-order chi connectivity index (χ0) is 31.5. The number of carboxylic acids is 1. The molecule has 2 atom stereocenters. The SMILES string of the molecule is Cc1cncc(COc2cc(O[C@H]3CCc4c(-c5ccc6c(c5F)OCCO6)cccc43)c(Cl)cc2CN[C@@H](CO)C(=O)O)c1. The van der Waals surface area contributed by atoms with Crippen LogP contribution in [-0.4, -0.2) is 47.0 Å². The number of aliphatic carboxylic acids is 1. The Kier molecular flexibility index (Phi) is 9.07. The van der Waals surface area contributed by atoms with Crippen LogP contribution in [0.2, 0.25) is 5.02 Å². The Morgan fingerprint density at radius 3 is 2.78 bits per heavy atom. The molecule has 6 rings (SSSR count). The number of nitrogens with zero attached hydrogens (tertiary/aromatic N) is 1. The van der Waals surface area contributed by atoms with E-state index in [1.54, 1.807) is 36.7 Å². The number of pyridine rings is 1. The number of fused-ring (bicyclic) bond motifs is 2. The average Bonchev–Trinajstić information content (AvgIpc) is 3.45. The maximum Gasteiger partial charge on any atom is 0.323 e. The Balaban J connectivity index is 1.28. The number of halogens is 2. The minimum Gasteiger partial charge on any atom is -0.488 e. The van der Waals surface area contributed by atoms with Gasteiger partial charge in [-0.25, -0.2) is 4.39 Å². The van der Waals surface area contributed by atoms with Gasteiger partial charge in [-0.1, -0.05) is 29.8 Å². The molecule has 2 aliphatic rings. The maximum absolute atomic E-state index is 15.6. The number of aryl methyl sites for hydroxylation is 1. The van der Waals surface area contributed by atoms with Gasteiger partial charge < -0.3 is 29.2 Å². The lowest BCUT2D eigenvalue weighted by Crippen LogP contribution is -2.39. The van der Waals surface area contributed by atoms with Crippen LogP contribution in [0.5, 0.6) is 23.0 Å². The second-order valence-electron chi connectivity index (χ2n) is 11.0. The van der Waals surface area contributed by atoms with Crippen LogP contribution >= 0.6 is 11.6 Å². The first kappa shape index (κ1) is 30.6. The van der Waals surface area contributed by atoms with Crippen LogP contribution in [0.4, 0.5) is 4.39 Å². The number of nitrogens with one attached hydrogen (secondary N) is 1. The molecule has 45 heavy (non-hydrogen) atoms. The van der Waals surface area contributed by atoms with Gasteiger partial charge in [-0.05, 0) is 66.3 Å². The molecule has 0 saturated carbocycles. The highest BCUT2D eigenvalue weighted by atomic mass is 35.5. The van der Waals surface area contributed by atoms with E-state index in [0.717, 1.165) is 27.8 Å². The quantitative estimate of drug-likeness (QED) is 0.188. The summed E-state index contributed by atoms with van der Waals surface area (Å²) >= 11 is 6.71. The van der Waals surface area contributed by atoms with Crippen LogP contribution < -0.4 is 24.3 Å². The number of hydrogen-bond donors (Lipinski definition) is 3. The van der Waals surface area contributed by atoms with Crippen molar-refractivity contribution in [3.05, 3.63) is 99.6 Å². The van der Waals surface area contributed by atoms with Gasteiger partial charge in [-0.2, -0.15) is 0 Å². The van der Waals surface area contributed by atoms with E-state index in [0.29, 0.717) is 59.5 Å². The van der Waals surface area contributed by atoms with Gasteiger partial charge in [0.2, 0.25) is 0 Å². The summed E-state index contributed by atoms with van der Waals surface area (Å²) < 4.78 is 39.3. The molecule has 0 amide bonds. The molecular formula is C34H32ClFN2O7. The fourth-order valence-electron chi connectivity index (χ4n) is 5.69. The molecule has 1 aromatic heterocycles. The molecule has 2 heterocycles. The molecule has 11 heteroatoms. The highest BCUT2D eigenvalue weighted by Gasteiger charge is 2.30. The van der Waals surface area contributed by atoms with Crippen LogP contribution in [0.3, 0.4) is 0 Å². The Morgan fingerprint density at radius 2 is 1.98 bits per heavy atom. The van der Waals surface area contributed by atoms with E-state index in [4.69, 9.17) is 30.5 Å². The highest BCUT2D eigenvalue weighted by Crippen LogP contribution is 2.45. The number of aliphatic hydroxyl groups is 1. The van der Waals surface area contributed by atoms with Crippen molar-refractivity contribution in [2.24, 2.45) is 0 Å². The van der Waals surface area contributed by atoms with Crippen molar-refractivity contribution in [1.29, 1.82) is 0 Å². The molecule has 1 aliphatic carbocycles. The average molecular weight is 635 g/mol. The predicted octanol–water partition coefficient (Wildman–Crippen LogP) is 5.80. The number of hydrogen-bond acceptors (Lipinski definition) is 8. The summed E-state index contributed by atoms with van der Waals surface area (Å²) in [6.07, 6.45) is 4.44. The van der Waals surface area contributed by atoms with Gasteiger partial charge >= 0.3 is 5.97 Å². The van der Waals surface area contributed by atoms with Crippen LogP contribution in [0.15, 0.2) is 60.9 Å². The third-order valence-corrected chi connectivity index (χ3v) is 8.18. The minimum absolute atomic E-state index is 0.0790. The number of carboxylic acid groups (broad SMARTS) is 1. The lowest BCUT2D eigenvalue weighted by Gasteiger charge is -2.21. The monoisotopic (exact) mass is 634 g/mol. The van der Waals surface area contributed by atoms with E-state index < -0.39 is 24.4 Å². The van der Waals surface area contributed by atoms with Crippen molar-refractivity contribution < 1.29 is 38.3 Å². The summed E-state index contributed by atoms with van der Waals surface area (Å²) in [5.41, 5.74) is 5.57. The summed E-state index contributed by atoms with van der Waals surface area (Å²) in [4.78, 5) is 15.7. The largest absolute Gasteiger partial charge is 0.488 e. The van der Waals surface area contributed by atoms with E-state index in [9.17, 15) is 15.0 Å². The summed E-state index contributed by atoms with van der Waals surface area (Å²) in [6.45, 7) is 2.33. The second-order valence-corrected chi connectivity index (χ2v) is 11.4. The van der Waals surface area contributed by atoms with Gasteiger partial charge in [0.25, 0.3) is 0 Å². The zero-order valence-corrected chi connectivity index (χ0v) is 25.3. The second kappa shape index (κ2) is 13.3. The van der Waals surface area contributed by atoms with Crippen LogP contribution in [-0.2, 0) is 24.4 Å². The van der Waals surface area contributed by atoms with Crippen molar-refractivity contribution in [1.82, 2.24) is 10.3 Å². The molecule has 234 valence electrons. The molecule has 3 N–H and O–H groups in total. The Hall–Kier alpha value is -4.38. The lowest BCUT2D eigenvalue weighted by molar-refractivity contribution is -0.140. The van der Waals surface area contributed by atoms with Crippen molar-refractivity contribution in [3.8, 4) is 34.1 Å². The van der Waals surface area contributed by atoms with E-state index in [-0.39, 0.29) is 25.0 Å². The van der Waals surface area contributed by atoms with Crippen molar-refractivity contribution in [3.63, 3.8) is 0 Å². The Labute approximate surface area is 264 Å². The number of rotatable bonds is 11. The van der Waals surface area contributed by atoms with Crippen molar-refractivity contribution in [2.75, 3.05) is 19.8 Å². The standard InChI is InChI=1S/C34H32ClFN2O7/c1-19-11-20(15-37-14-19)18-44-30-13-31(26(35)12-21(30)16-38-27(17-39)34(40)41)45-28-7-5-23-22(3-2-4-24(23)28)25-6-8-29-33(32(25)36)43-10-9-42-29/h2-4,6,8,11-15,27-28,38-39H,5,7,9-10,16-18H2,1H3,(H,40,41)/t27-,28-/m0/s1. The van der Waals surface area contributed by atoms with Gasteiger partial charge in [-0.3, -0.25) is 15.1 Å².